The lowest BCUT2D eigenvalue weighted by Gasteiger charge is -2.30. The SMILES string of the molecule is CN=C(NCCCN1CCC(C)CC1)NCc1nccn1Cc1ccccc1. The summed E-state index contributed by atoms with van der Waals surface area (Å²) in [4.78, 5) is 11.4. The fourth-order valence-electron chi connectivity index (χ4n) is 3.61. The molecule has 1 aromatic heterocycles. The first-order chi connectivity index (χ1) is 13.7. The van der Waals surface area contributed by atoms with Gasteiger partial charge in [-0.15, -0.1) is 0 Å². The van der Waals surface area contributed by atoms with E-state index < -0.39 is 0 Å². The van der Waals surface area contributed by atoms with Crippen molar-refractivity contribution < 1.29 is 0 Å². The third-order valence-electron chi connectivity index (χ3n) is 5.45. The molecule has 2 heterocycles. The van der Waals surface area contributed by atoms with Gasteiger partial charge < -0.3 is 20.1 Å². The van der Waals surface area contributed by atoms with Gasteiger partial charge in [0.1, 0.15) is 5.82 Å². The Kier molecular flexibility index (Phi) is 7.91. The van der Waals surface area contributed by atoms with Gasteiger partial charge in [0.05, 0.1) is 6.54 Å². The number of nitrogens with one attached hydrogen (secondary N) is 2. The minimum Gasteiger partial charge on any atom is -0.356 e. The van der Waals surface area contributed by atoms with Crippen molar-refractivity contribution in [3.63, 3.8) is 0 Å². The Morgan fingerprint density at radius 1 is 1.18 bits per heavy atom. The minimum absolute atomic E-state index is 0.656. The van der Waals surface area contributed by atoms with Gasteiger partial charge in [-0.1, -0.05) is 37.3 Å². The summed E-state index contributed by atoms with van der Waals surface area (Å²) < 4.78 is 2.17. The molecule has 3 rings (SSSR count). The van der Waals surface area contributed by atoms with Crippen LogP contribution in [0.3, 0.4) is 0 Å². The van der Waals surface area contributed by atoms with Crippen LogP contribution < -0.4 is 10.6 Å². The van der Waals surface area contributed by atoms with Crippen molar-refractivity contribution in [2.75, 3.05) is 33.2 Å². The van der Waals surface area contributed by atoms with Crippen molar-refractivity contribution in [1.82, 2.24) is 25.1 Å². The first kappa shape index (κ1) is 20.4. The summed E-state index contributed by atoms with van der Waals surface area (Å²) in [5, 5.41) is 6.81. The predicted molar refractivity (Wildman–Crippen MR) is 115 cm³/mol. The van der Waals surface area contributed by atoms with Crippen LogP contribution in [0.4, 0.5) is 0 Å². The predicted octanol–water partition coefficient (Wildman–Crippen LogP) is 2.72. The van der Waals surface area contributed by atoms with Gasteiger partial charge in [-0.2, -0.15) is 0 Å². The van der Waals surface area contributed by atoms with E-state index in [1.54, 1.807) is 0 Å². The summed E-state index contributed by atoms with van der Waals surface area (Å²) in [6.07, 6.45) is 7.70. The molecule has 0 radical (unpaired) electrons. The topological polar surface area (TPSA) is 57.5 Å². The minimum atomic E-state index is 0.656. The molecule has 1 aliphatic rings. The molecule has 0 unspecified atom stereocenters. The fourth-order valence-corrected chi connectivity index (χ4v) is 3.61. The van der Waals surface area contributed by atoms with Crippen molar-refractivity contribution in [3.8, 4) is 0 Å². The number of rotatable bonds is 8. The first-order valence-electron chi connectivity index (χ1n) is 10.5. The van der Waals surface area contributed by atoms with Crippen molar-refractivity contribution in [2.24, 2.45) is 10.9 Å². The zero-order chi connectivity index (χ0) is 19.6. The molecule has 1 aliphatic heterocycles. The number of nitrogens with zero attached hydrogens (tertiary/aromatic N) is 4. The van der Waals surface area contributed by atoms with Gasteiger partial charge in [-0.3, -0.25) is 4.99 Å². The molecule has 0 amide bonds. The highest BCUT2D eigenvalue weighted by Gasteiger charge is 2.14. The Bertz CT molecular complexity index is 716. The maximum atomic E-state index is 4.49. The maximum absolute atomic E-state index is 4.49. The van der Waals surface area contributed by atoms with Crippen molar-refractivity contribution in [3.05, 3.63) is 54.1 Å². The summed E-state index contributed by atoms with van der Waals surface area (Å²) in [5.74, 6) is 2.74. The smallest absolute Gasteiger partial charge is 0.191 e. The number of benzene rings is 1. The van der Waals surface area contributed by atoms with Gasteiger partial charge in [0.25, 0.3) is 0 Å². The monoisotopic (exact) mass is 382 g/mol. The van der Waals surface area contributed by atoms with Crippen LogP contribution in [0, 0.1) is 5.92 Å². The lowest BCUT2D eigenvalue weighted by Crippen LogP contribution is -2.39. The van der Waals surface area contributed by atoms with Gasteiger partial charge in [-0.05, 0) is 50.4 Å². The Labute approximate surface area is 169 Å². The van der Waals surface area contributed by atoms with Gasteiger partial charge >= 0.3 is 0 Å². The van der Waals surface area contributed by atoms with E-state index in [0.29, 0.717) is 6.54 Å². The van der Waals surface area contributed by atoms with Crippen LogP contribution in [0.5, 0.6) is 0 Å². The molecule has 1 fully saturated rings. The highest BCUT2D eigenvalue weighted by molar-refractivity contribution is 5.79. The molecule has 1 aromatic carbocycles. The highest BCUT2D eigenvalue weighted by Crippen LogP contribution is 2.15. The molecule has 6 nitrogen and oxygen atoms in total. The maximum Gasteiger partial charge on any atom is 0.191 e. The second-order valence-corrected chi connectivity index (χ2v) is 7.69. The standard InChI is InChI=1S/C22H34N6/c1-19-9-14-27(15-10-19)13-6-11-25-22(23-2)26-17-21-24-12-16-28(21)18-20-7-4-3-5-8-20/h3-5,7-8,12,16,19H,6,9-11,13-15,17-18H2,1-2H3,(H2,23,25,26). The summed E-state index contributed by atoms with van der Waals surface area (Å²) in [5.41, 5.74) is 1.27. The highest BCUT2D eigenvalue weighted by atomic mass is 15.2. The van der Waals surface area contributed by atoms with Crippen molar-refractivity contribution in [1.29, 1.82) is 0 Å². The van der Waals surface area contributed by atoms with Crippen molar-refractivity contribution >= 4 is 5.96 Å². The van der Waals surface area contributed by atoms with Crippen LogP contribution >= 0.6 is 0 Å². The number of aliphatic imine (C=N–C) groups is 1. The van der Waals surface area contributed by atoms with Crippen LogP contribution in [0.25, 0.3) is 0 Å². The molecule has 0 bridgehead atoms. The number of guanidine groups is 1. The largest absolute Gasteiger partial charge is 0.356 e. The lowest BCUT2D eigenvalue weighted by atomic mass is 9.99. The van der Waals surface area contributed by atoms with Crippen LogP contribution in [-0.4, -0.2) is 53.6 Å². The molecule has 1 saturated heterocycles. The van der Waals surface area contributed by atoms with Crippen LogP contribution in [0.2, 0.25) is 0 Å². The number of hydrogen-bond donors (Lipinski definition) is 2. The molecule has 0 saturated carbocycles. The Morgan fingerprint density at radius 3 is 2.71 bits per heavy atom. The van der Waals surface area contributed by atoms with E-state index >= 15 is 0 Å². The fraction of sp³-hybridized carbons (Fsp3) is 0.545. The van der Waals surface area contributed by atoms with E-state index in [0.717, 1.165) is 43.8 Å². The Morgan fingerprint density at radius 2 is 1.96 bits per heavy atom. The van der Waals surface area contributed by atoms with E-state index in [2.05, 4.69) is 61.3 Å². The van der Waals surface area contributed by atoms with E-state index in [9.17, 15) is 0 Å². The van der Waals surface area contributed by atoms with E-state index in [1.165, 1.54) is 31.5 Å². The van der Waals surface area contributed by atoms with E-state index in [-0.39, 0.29) is 0 Å². The van der Waals surface area contributed by atoms with Crippen LogP contribution in [0.15, 0.2) is 47.7 Å². The second-order valence-electron chi connectivity index (χ2n) is 7.69. The number of hydrogen-bond acceptors (Lipinski definition) is 3. The Hall–Kier alpha value is -2.34. The number of imidazole rings is 1. The molecule has 0 atom stereocenters. The van der Waals surface area contributed by atoms with Crippen LogP contribution in [0.1, 0.15) is 37.6 Å². The molecule has 2 N–H and O–H groups in total. The number of aromatic nitrogens is 2. The quantitative estimate of drug-likeness (QED) is 0.419. The molecular weight excluding hydrogens is 348 g/mol. The molecular formula is C22H34N6. The van der Waals surface area contributed by atoms with Crippen LogP contribution in [-0.2, 0) is 13.1 Å². The zero-order valence-electron chi connectivity index (χ0n) is 17.3. The number of piperidine rings is 1. The number of likely N-dealkylation sites (tertiary alicyclic amines) is 1. The molecule has 6 heteroatoms. The van der Waals surface area contributed by atoms with Gasteiger partial charge in [0.2, 0.25) is 0 Å². The van der Waals surface area contributed by atoms with Gasteiger partial charge in [0.15, 0.2) is 5.96 Å². The Balaban J connectivity index is 1.38. The average Bonchev–Trinajstić information content (AvgIpc) is 3.16. The second kappa shape index (κ2) is 10.9. The summed E-state index contributed by atoms with van der Waals surface area (Å²) >= 11 is 0. The molecule has 28 heavy (non-hydrogen) atoms. The summed E-state index contributed by atoms with van der Waals surface area (Å²) in [7, 11) is 1.82. The van der Waals surface area contributed by atoms with E-state index in [1.807, 2.05) is 25.5 Å². The van der Waals surface area contributed by atoms with Crippen molar-refractivity contribution in [2.45, 2.75) is 39.3 Å². The molecule has 0 aliphatic carbocycles. The lowest BCUT2D eigenvalue weighted by molar-refractivity contribution is 0.191. The van der Waals surface area contributed by atoms with Gasteiger partial charge in [-0.25, -0.2) is 4.98 Å². The summed E-state index contributed by atoms with van der Waals surface area (Å²) in [6.45, 7) is 8.44. The third-order valence-corrected chi connectivity index (χ3v) is 5.45. The zero-order valence-corrected chi connectivity index (χ0v) is 17.3. The normalized spacial score (nSPS) is 16.3. The summed E-state index contributed by atoms with van der Waals surface area (Å²) in [6, 6.07) is 10.5. The third kappa shape index (κ3) is 6.37. The molecule has 152 valence electrons. The average molecular weight is 383 g/mol. The van der Waals surface area contributed by atoms with E-state index in [4.69, 9.17) is 0 Å². The molecule has 2 aromatic rings. The van der Waals surface area contributed by atoms with Gasteiger partial charge in [0, 0.05) is 32.5 Å². The molecule has 0 spiro atoms. The first-order valence-corrected chi connectivity index (χ1v) is 10.5.